The highest BCUT2D eigenvalue weighted by Gasteiger charge is 2.41. The minimum absolute atomic E-state index is 0.0324. The van der Waals surface area contributed by atoms with E-state index in [9.17, 15) is 66.7 Å². The molecule has 0 aliphatic heterocycles. The first-order valence-corrected chi connectivity index (χ1v) is 22.1. The van der Waals surface area contributed by atoms with Crippen molar-refractivity contribution in [1.82, 2.24) is 44.3 Å². The highest BCUT2D eigenvalue weighted by molar-refractivity contribution is 7.89. The van der Waals surface area contributed by atoms with Crippen LogP contribution in [-0.2, 0) is 42.0 Å². The van der Waals surface area contributed by atoms with Gasteiger partial charge in [-0.3, -0.25) is 28.1 Å². The number of carbonyl (C=O) groups is 4. The van der Waals surface area contributed by atoms with Crippen LogP contribution in [0.15, 0.2) is 34.6 Å². The lowest BCUT2D eigenvalue weighted by atomic mass is 9.88. The van der Waals surface area contributed by atoms with Gasteiger partial charge in [0.15, 0.2) is 0 Å². The number of ketones is 2. The number of hydrogen-bond acceptors (Lipinski definition) is 11. The maximum absolute atomic E-state index is 12.9. The Kier molecular flexibility index (Phi) is 17.0. The van der Waals surface area contributed by atoms with E-state index in [2.05, 4.69) is 34.9 Å². The predicted octanol–water partition coefficient (Wildman–Crippen LogP) is 4.19. The monoisotopic (exact) mass is 975 g/mol. The largest absolute Gasteiger partial charge is 0.478 e. The number of nitrogens with two attached hydrogens (primary N) is 1. The van der Waals surface area contributed by atoms with Gasteiger partial charge < -0.3 is 26.1 Å². The van der Waals surface area contributed by atoms with E-state index in [1.807, 2.05) is 0 Å². The van der Waals surface area contributed by atoms with Crippen molar-refractivity contribution in [2.75, 3.05) is 20.2 Å². The summed E-state index contributed by atoms with van der Waals surface area (Å²) in [6, 6.07) is 0.565. The van der Waals surface area contributed by atoms with Crippen LogP contribution in [0.25, 0.3) is 0 Å². The lowest BCUT2D eigenvalue weighted by Gasteiger charge is -2.35. The van der Waals surface area contributed by atoms with Gasteiger partial charge in [0.2, 0.25) is 0 Å². The van der Waals surface area contributed by atoms with Crippen LogP contribution in [0.4, 0.5) is 30.7 Å². The number of H-pyrrole nitrogens is 2. The number of halogens is 7. The third kappa shape index (κ3) is 14.0. The van der Waals surface area contributed by atoms with Crippen LogP contribution >= 0.6 is 0 Å². The number of rotatable bonds is 13. The van der Waals surface area contributed by atoms with Crippen LogP contribution in [0.1, 0.15) is 108 Å². The average molecular weight is 976 g/mol. The molecule has 4 aromatic heterocycles. The number of sulfonamides is 2. The Morgan fingerprint density at radius 1 is 0.769 bits per heavy atom. The highest BCUT2D eigenvalue weighted by Crippen LogP contribution is 2.38. The van der Waals surface area contributed by atoms with Gasteiger partial charge in [-0.25, -0.2) is 31.1 Å². The molecule has 2 fully saturated rings. The molecule has 28 heteroatoms. The van der Waals surface area contributed by atoms with Gasteiger partial charge in [0.25, 0.3) is 26.0 Å². The van der Waals surface area contributed by atoms with E-state index >= 15 is 0 Å². The van der Waals surface area contributed by atoms with Gasteiger partial charge in [0.05, 0.1) is 67.3 Å². The van der Waals surface area contributed by atoms with Crippen molar-refractivity contribution < 1.29 is 73.2 Å². The standard InChI is InChI=1S/C18H22F3N5O4S.C15H17F3N4O4S.C3H7NO.CH3F/c1-9(27)7-22-17(28)14-6-16(23-10(14)2)31(29,30)25-12-4-13(5-12)26-8-15(11(3)24-26)18(19,20)21;1-7-11(14(23)24)5-13(19-7)27(25,26)21-9-3-10(4-9)22-6-12(8(2)20-22)15(16,17)18;1-3(5)2-4;1-2/h6,8,12-13,23,25H,4-5,7H2,1-3H3,(H,22,28);5-6,9-10,19,21H,3-4H2,1-2H3,(H,23,24);2,4H2,1H3;1H3/i;;;1D. The first-order chi connectivity index (χ1) is 30.3. The van der Waals surface area contributed by atoms with Gasteiger partial charge >= 0.3 is 18.3 Å². The molecule has 8 N–H and O–H groups in total. The molecule has 362 valence electrons. The normalized spacial score (nSPS) is 18.5. The van der Waals surface area contributed by atoms with Crippen LogP contribution in [0, 0.1) is 27.7 Å². The SMILES string of the molecule is CC(=O)CN.CC(=O)CNC(=O)c1cc(S(=O)(=O)NC2CC(n3cc(C(F)(F)F)c(C)n3)C2)[nH]c1C.Cc1nn(C2CC(NS(=O)(=O)c3cc(C(=O)O)c(C)[nH]3)C2)cc1C(F)(F)F.[2H]CF. The number of Topliss-reactive ketones (excluding diaryl/α,β-unsaturated/α-hetero) is 2. The van der Waals surface area contributed by atoms with Crippen molar-refractivity contribution in [3.05, 3.63) is 69.6 Å². The van der Waals surface area contributed by atoms with E-state index in [4.69, 9.17) is 12.2 Å². The van der Waals surface area contributed by atoms with Gasteiger partial charge in [-0.05, 0) is 79.4 Å². The Hall–Kier alpha value is -5.45. The van der Waals surface area contributed by atoms with E-state index in [1.54, 1.807) is 0 Å². The molecule has 4 aromatic rings. The number of carboxylic acids is 1. The van der Waals surface area contributed by atoms with Gasteiger partial charge in [0, 0.05) is 35.9 Å². The summed E-state index contributed by atoms with van der Waals surface area (Å²) < 4.78 is 150. The predicted molar refractivity (Wildman–Crippen MR) is 216 cm³/mol. The van der Waals surface area contributed by atoms with E-state index in [0.717, 1.165) is 18.5 Å². The molecule has 0 aromatic carbocycles. The Morgan fingerprint density at radius 2 is 1.12 bits per heavy atom. The van der Waals surface area contributed by atoms with Crippen molar-refractivity contribution >= 4 is 43.5 Å². The molecule has 1 amide bonds. The fourth-order valence-electron chi connectivity index (χ4n) is 6.36. The van der Waals surface area contributed by atoms with E-state index in [1.165, 1.54) is 57.0 Å². The zero-order chi connectivity index (χ0) is 50.3. The van der Waals surface area contributed by atoms with Crippen LogP contribution in [0.3, 0.4) is 0 Å². The number of alkyl halides is 7. The van der Waals surface area contributed by atoms with Crippen molar-refractivity contribution in [2.24, 2.45) is 5.73 Å². The minimum atomic E-state index is -4.49. The van der Waals surface area contributed by atoms with Gasteiger partial charge in [0.1, 0.15) is 21.6 Å². The number of amides is 1. The van der Waals surface area contributed by atoms with E-state index in [-0.39, 0.29) is 101 Å². The number of nitrogens with zero attached hydrogens (tertiary/aromatic N) is 4. The Bertz CT molecular complexity index is 2600. The molecule has 0 saturated heterocycles. The summed E-state index contributed by atoms with van der Waals surface area (Å²) in [5.74, 6) is -2.04. The summed E-state index contributed by atoms with van der Waals surface area (Å²) in [5.41, 5.74) is 3.42. The Morgan fingerprint density at radius 3 is 1.42 bits per heavy atom. The molecular weight excluding hydrogens is 926 g/mol. The molecule has 0 radical (unpaired) electrons. The third-order valence-electron chi connectivity index (χ3n) is 9.88. The van der Waals surface area contributed by atoms with Crippen LogP contribution in [-0.4, -0.2) is 107 Å². The summed E-state index contributed by atoms with van der Waals surface area (Å²) in [7, 11) is -8.95. The molecule has 2 aliphatic rings. The summed E-state index contributed by atoms with van der Waals surface area (Å²) in [5, 5.41) is 18.7. The Labute approximate surface area is 369 Å². The first-order valence-electron chi connectivity index (χ1n) is 19.8. The van der Waals surface area contributed by atoms with E-state index in [0.29, 0.717) is 5.69 Å². The number of aryl methyl sites for hydroxylation is 4. The van der Waals surface area contributed by atoms with Gasteiger partial charge in [-0.1, -0.05) is 0 Å². The number of aromatic amines is 2. The van der Waals surface area contributed by atoms with Gasteiger partial charge in [-0.15, -0.1) is 0 Å². The molecule has 2 aliphatic carbocycles. The lowest BCUT2D eigenvalue weighted by molar-refractivity contribution is -0.139. The zero-order valence-corrected chi connectivity index (χ0v) is 37.2. The van der Waals surface area contributed by atoms with Crippen LogP contribution in [0.5, 0.6) is 0 Å². The Balaban J connectivity index is 0.000000303. The summed E-state index contributed by atoms with van der Waals surface area (Å²) in [6.07, 6.45) is -5.99. The fourth-order valence-corrected chi connectivity index (χ4v) is 9.00. The average Bonchev–Trinajstić information content (AvgIpc) is 3.95. The molecule has 0 spiro atoms. The maximum Gasteiger partial charge on any atom is 0.419 e. The topological polar surface area (TPSA) is 286 Å². The summed E-state index contributed by atoms with van der Waals surface area (Å²) in [4.78, 5) is 49.0. The number of nitrogens with one attached hydrogen (secondary N) is 5. The summed E-state index contributed by atoms with van der Waals surface area (Å²) in [6.45, 7) is 8.28. The van der Waals surface area contributed by atoms with Crippen LogP contribution < -0.4 is 20.5 Å². The van der Waals surface area contributed by atoms with Gasteiger partial charge in [-0.2, -0.15) is 36.5 Å². The minimum Gasteiger partial charge on any atom is -0.478 e. The maximum atomic E-state index is 12.9. The summed E-state index contributed by atoms with van der Waals surface area (Å²) >= 11 is 0. The second kappa shape index (κ2) is 21.2. The molecule has 0 atom stereocenters. The number of carboxylic acid groups (broad SMARTS) is 1. The molecule has 0 unspecified atom stereocenters. The number of aromatic nitrogens is 6. The quantitative estimate of drug-likeness (QED) is 0.0929. The van der Waals surface area contributed by atoms with Crippen molar-refractivity contribution in [1.29, 1.82) is 0 Å². The second-order valence-corrected chi connectivity index (χ2v) is 18.4. The molecule has 19 nitrogen and oxygen atoms in total. The molecule has 65 heavy (non-hydrogen) atoms. The lowest BCUT2D eigenvalue weighted by Crippen LogP contribution is -2.45. The van der Waals surface area contributed by atoms with Crippen molar-refractivity contribution in [2.45, 2.75) is 114 Å². The highest BCUT2D eigenvalue weighted by atomic mass is 32.2. The molecule has 0 bridgehead atoms. The van der Waals surface area contributed by atoms with Crippen molar-refractivity contribution in [3.8, 4) is 0 Å². The first kappa shape index (κ1) is 52.2. The molecule has 2 saturated carbocycles. The smallest absolute Gasteiger partial charge is 0.419 e. The number of hydrogen-bond donors (Lipinski definition) is 7. The number of aromatic carboxylic acids is 1. The van der Waals surface area contributed by atoms with Crippen LogP contribution in [0.2, 0.25) is 0 Å². The third-order valence-corrected chi connectivity index (χ3v) is 12.8. The fraction of sp³-hybridized carbons (Fsp3) is 0.514. The molecule has 4 heterocycles. The van der Waals surface area contributed by atoms with E-state index < -0.39 is 74.6 Å². The number of carbonyl (C=O) groups excluding carboxylic acids is 3. The molecule has 6 rings (SSSR count). The second-order valence-electron chi connectivity index (χ2n) is 15.0. The molecular formula is C37H49F7N10O9S2. The zero-order valence-electron chi connectivity index (χ0n) is 36.6. The van der Waals surface area contributed by atoms with Crippen molar-refractivity contribution in [3.63, 3.8) is 0 Å².